The SMILES string of the molecule is CC(Nc1cc2c(cc1Cl)NC(=O)C2)C1CCCCC1. The molecule has 0 radical (unpaired) electrons. The number of hydrogen-bond acceptors (Lipinski definition) is 2. The Hall–Kier alpha value is -1.22. The van der Waals surface area contributed by atoms with Gasteiger partial charge in [-0.2, -0.15) is 0 Å². The fourth-order valence-corrected chi connectivity index (χ4v) is 3.57. The van der Waals surface area contributed by atoms with Crippen molar-refractivity contribution in [1.82, 2.24) is 0 Å². The number of rotatable bonds is 3. The highest BCUT2D eigenvalue weighted by Gasteiger charge is 2.23. The minimum absolute atomic E-state index is 0.0496. The van der Waals surface area contributed by atoms with Gasteiger partial charge in [-0.1, -0.05) is 30.9 Å². The molecule has 1 aliphatic carbocycles. The largest absolute Gasteiger partial charge is 0.381 e. The summed E-state index contributed by atoms with van der Waals surface area (Å²) in [6, 6.07) is 4.31. The molecule has 4 heteroatoms. The summed E-state index contributed by atoms with van der Waals surface area (Å²) in [4.78, 5) is 11.4. The molecule has 1 aromatic carbocycles. The van der Waals surface area contributed by atoms with Gasteiger partial charge in [0.25, 0.3) is 0 Å². The van der Waals surface area contributed by atoms with Crippen LogP contribution in [0.2, 0.25) is 5.02 Å². The second kappa shape index (κ2) is 5.65. The van der Waals surface area contributed by atoms with E-state index in [9.17, 15) is 4.79 Å². The van der Waals surface area contributed by atoms with E-state index in [0.717, 1.165) is 22.9 Å². The van der Waals surface area contributed by atoms with Gasteiger partial charge in [0.15, 0.2) is 0 Å². The van der Waals surface area contributed by atoms with Gasteiger partial charge in [-0.25, -0.2) is 0 Å². The molecule has 1 atom stereocenters. The summed E-state index contributed by atoms with van der Waals surface area (Å²) in [5.74, 6) is 0.779. The highest BCUT2D eigenvalue weighted by molar-refractivity contribution is 6.33. The summed E-state index contributed by atoms with van der Waals surface area (Å²) in [7, 11) is 0. The summed E-state index contributed by atoms with van der Waals surface area (Å²) in [5, 5.41) is 7.07. The number of fused-ring (bicyclic) bond motifs is 1. The van der Waals surface area contributed by atoms with Crippen molar-refractivity contribution in [3.63, 3.8) is 0 Å². The molecule has 0 spiro atoms. The van der Waals surface area contributed by atoms with Gasteiger partial charge < -0.3 is 10.6 Å². The van der Waals surface area contributed by atoms with Crippen LogP contribution in [0.5, 0.6) is 0 Å². The number of amides is 1. The lowest BCUT2D eigenvalue weighted by molar-refractivity contribution is -0.115. The van der Waals surface area contributed by atoms with Crippen LogP contribution in [0.25, 0.3) is 0 Å². The molecule has 1 heterocycles. The van der Waals surface area contributed by atoms with E-state index in [1.807, 2.05) is 12.1 Å². The van der Waals surface area contributed by atoms with Crippen LogP contribution >= 0.6 is 11.6 Å². The van der Waals surface area contributed by atoms with Gasteiger partial charge in [0, 0.05) is 11.7 Å². The van der Waals surface area contributed by atoms with Crippen molar-refractivity contribution in [2.75, 3.05) is 10.6 Å². The van der Waals surface area contributed by atoms with Crippen LogP contribution in [0.4, 0.5) is 11.4 Å². The number of carbonyl (C=O) groups is 1. The normalized spacial score (nSPS) is 20.4. The molecule has 20 heavy (non-hydrogen) atoms. The van der Waals surface area contributed by atoms with E-state index in [4.69, 9.17) is 11.6 Å². The van der Waals surface area contributed by atoms with Gasteiger partial charge in [-0.3, -0.25) is 4.79 Å². The first-order chi connectivity index (χ1) is 9.63. The van der Waals surface area contributed by atoms with Crippen molar-refractivity contribution in [2.24, 2.45) is 5.92 Å². The predicted octanol–water partition coefficient (Wildman–Crippen LogP) is 4.22. The predicted molar refractivity (Wildman–Crippen MR) is 83.4 cm³/mol. The van der Waals surface area contributed by atoms with Gasteiger partial charge in [-0.05, 0) is 43.4 Å². The van der Waals surface area contributed by atoms with Crippen molar-refractivity contribution in [2.45, 2.75) is 51.5 Å². The van der Waals surface area contributed by atoms with Crippen LogP contribution in [-0.4, -0.2) is 11.9 Å². The first kappa shape index (κ1) is 13.7. The van der Waals surface area contributed by atoms with E-state index >= 15 is 0 Å². The Morgan fingerprint density at radius 2 is 2.05 bits per heavy atom. The number of anilines is 2. The highest BCUT2D eigenvalue weighted by Crippen LogP contribution is 2.35. The van der Waals surface area contributed by atoms with Crippen molar-refractivity contribution >= 4 is 28.9 Å². The second-order valence-corrected chi connectivity index (χ2v) is 6.45. The number of halogens is 1. The maximum absolute atomic E-state index is 11.4. The van der Waals surface area contributed by atoms with Crippen LogP contribution < -0.4 is 10.6 Å². The number of carbonyl (C=O) groups excluding carboxylic acids is 1. The molecule has 1 aromatic rings. The van der Waals surface area contributed by atoms with Crippen LogP contribution in [0.3, 0.4) is 0 Å². The summed E-state index contributed by atoms with van der Waals surface area (Å²) in [6.07, 6.45) is 7.11. The Morgan fingerprint density at radius 3 is 2.80 bits per heavy atom. The molecule has 3 nitrogen and oxygen atoms in total. The minimum atomic E-state index is 0.0496. The van der Waals surface area contributed by atoms with E-state index in [1.54, 1.807) is 0 Å². The molecule has 0 aromatic heterocycles. The molecule has 1 unspecified atom stereocenters. The molecule has 0 saturated heterocycles. The Morgan fingerprint density at radius 1 is 1.30 bits per heavy atom. The highest BCUT2D eigenvalue weighted by atomic mass is 35.5. The van der Waals surface area contributed by atoms with Gasteiger partial charge >= 0.3 is 0 Å². The number of hydrogen-bond donors (Lipinski definition) is 2. The molecule has 2 aliphatic rings. The molecule has 0 bridgehead atoms. The monoisotopic (exact) mass is 292 g/mol. The fourth-order valence-electron chi connectivity index (χ4n) is 3.36. The van der Waals surface area contributed by atoms with Crippen LogP contribution in [0, 0.1) is 5.92 Å². The van der Waals surface area contributed by atoms with Crippen molar-refractivity contribution < 1.29 is 4.79 Å². The Labute approximate surface area is 125 Å². The van der Waals surface area contributed by atoms with E-state index in [0.29, 0.717) is 17.5 Å². The van der Waals surface area contributed by atoms with Gasteiger partial charge in [-0.15, -0.1) is 0 Å². The summed E-state index contributed by atoms with van der Waals surface area (Å²) in [5.41, 5.74) is 2.86. The second-order valence-electron chi connectivity index (χ2n) is 6.05. The quantitative estimate of drug-likeness (QED) is 0.876. The lowest BCUT2D eigenvalue weighted by atomic mass is 9.84. The van der Waals surface area contributed by atoms with Gasteiger partial charge in [0.2, 0.25) is 5.91 Å². The van der Waals surface area contributed by atoms with Crippen molar-refractivity contribution in [3.8, 4) is 0 Å². The van der Waals surface area contributed by atoms with E-state index < -0.39 is 0 Å². The molecule has 1 saturated carbocycles. The molecule has 108 valence electrons. The first-order valence-electron chi connectivity index (χ1n) is 7.52. The lowest BCUT2D eigenvalue weighted by Gasteiger charge is -2.29. The topological polar surface area (TPSA) is 41.1 Å². The van der Waals surface area contributed by atoms with Crippen LogP contribution in [0.1, 0.15) is 44.6 Å². The maximum atomic E-state index is 11.4. The Bertz CT molecular complexity index is 523. The summed E-state index contributed by atoms with van der Waals surface area (Å²) in [6.45, 7) is 2.24. The molecular formula is C16H21ClN2O. The maximum Gasteiger partial charge on any atom is 0.228 e. The zero-order valence-electron chi connectivity index (χ0n) is 11.8. The molecule has 3 rings (SSSR count). The van der Waals surface area contributed by atoms with E-state index in [2.05, 4.69) is 17.6 Å². The number of benzene rings is 1. The zero-order valence-corrected chi connectivity index (χ0v) is 12.6. The van der Waals surface area contributed by atoms with E-state index in [-0.39, 0.29) is 5.91 Å². The van der Waals surface area contributed by atoms with Gasteiger partial charge in [0.05, 0.1) is 17.1 Å². The first-order valence-corrected chi connectivity index (χ1v) is 7.90. The Balaban J connectivity index is 1.74. The third-order valence-electron chi connectivity index (χ3n) is 4.56. The molecular weight excluding hydrogens is 272 g/mol. The number of nitrogens with one attached hydrogen (secondary N) is 2. The molecule has 1 aliphatic heterocycles. The summed E-state index contributed by atoms with van der Waals surface area (Å²) < 4.78 is 0. The minimum Gasteiger partial charge on any atom is -0.381 e. The molecule has 2 N–H and O–H groups in total. The molecule has 1 fully saturated rings. The lowest BCUT2D eigenvalue weighted by Crippen LogP contribution is -2.27. The van der Waals surface area contributed by atoms with Crippen molar-refractivity contribution in [1.29, 1.82) is 0 Å². The zero-order chi connectivity index (χ0) is 14.1. The van der Waals surface area contributed by atoms with Crippen LogP contribution in [-0.2, 0) is 11.2 Å². The third kappa shape index (κ3) is 2.78. The van der Waals surface area contributed by atoms with E-state index in [1.165, 1.54) is 32.1 Å². The average molecular weight is 293 g/mol. The Kier molecular flexibility index (Phi) is 3.88. The smallest absolute Gasteiger partial charge is 0.228 e. The van der Waals surface area contributed by atoms with Crippen LogP contribution in [0.15, 0.2) is 12.1 Å². The standard InChI is InChI=1S/C16H21ClN2O/c1-10(11-5-3-2-4-6-11)18-15-7-12-8-16(20)19-14(12)9-13(15)17/h7,9-11,18H,2-6,8H2,1H3,(H,19,20). The third-order valence-corrected chi connectivity index (χ3v) is 4.87. The average Bonchev–Trinajstić information content (AvgIpc) is 2.79. The van der Waals surface area contributed by atoms with Gasteiger partial charge in [0.1, 0.15) is 0 Å². The fraction of sp³-hybridized carbons (Fsp3) is 0.562. The molecule has 1 amide bonds. The van der Waals surface area contributed by atoms with Crippen molar-refractivity contribution in [3.05, 3.63) is 22.7 Å². The summed E-state index contributed by atoms with van der Waals surface area (Å²) >= 11 is 6.32.